The normalized spacial score (nSPS) is 10.4. The number of carbonyl (C=O) groups excluding carboxylic acids is 2. The lowest BCUT2D eigenvalue weighted by molar-refractivity contribution is -0.143. The van der Waals surface area contributed by atoms with Crippen molar-refractivity contribution in [3.63, 3.8) is 0 Å². The van der Waals surface area contributed by atoms with Crippen molar-refractivity contribution in [2.45, 2.75) is 64.7 Å². The minimum Gasteiger partial charge on any atom is -0.494 e. The van der Waals surface area contributed by atoms with Crippen molar-refractivity contribution in [2.75, 3.05) is 20.3 Å². The largest absolute Gasteiger partial charge is 0.494 e. The molecule has 146 valence electrons. The SMILES string of the molecule is CCCCCCCCOC(=O)CCCCOc1ccc(C(=O)OC)cc1. The molecule has 0 aliphatic heterocycles. The van der Waals surface area contributed by atoms with Crippen LogP contribution in [0.2, 0.25) is 0 Å². The molecule has 0 aliphatic carbocycles. The van der Waals surface area contributed by atoms with Gasteiger partial charge in [-0.15, -0.1) is 0 Å². The van der Waals surface area contributed by atoms with Crippen LogP contribution in [0.1, 0.15) is 75.1 Å². The monoisotopic (exact) mass is 364 g/mol. The second kappa shape index (κ2) is 14.2. The molecule has 0 saturated carbocycles. The molecule has 0 spiro atoms. The molecular weight excluding hydrogens is 332 g/mol. The number of ether oxygens (including phenoxy) is 3. The van der Waals surface area contributed by atoms with E-state index in [2.05, 4.69) is 11.7 Å². The van der Waals surface area contributed by atoms with E-state index in [4.69, 9.17) is 9.47 Å². The maximum Gasteiger partial charge on any atom is 0.337 e. The minimum atomic E-state index is -0.365. The lowest BCUT2D eigenvalue weighted by atomic mass is 10.1. The highest BCUT2D eigenvalue weighted by Gasteiger charge is 2.05. The van der Waals surface area contributed by atoms with E-state index < -0.39 is 0 Å². The molecule has 5 nitrogen and oxygen atoms in total. The van der Waals surface area contributed by atoms with E-state index in [0.29, 0.717) is 30.9 Å². The summed E-state index contributed by atoms with van der Waals surface area (Å²) in [6, 6.07) is 6.81. The van der Waals surface area contributed by atoms with Crippen molar-refractivity contribution in [3.05, 3.63) is 29.8 Å². The Balaban J connectivity index is 2.01. The Morgan fingerprint density at radius 2 is 1.50 bits per heavy atom. The summed E-state index contributed by atoms with van der Waals surface area (Å²) >= 11 is 0. The lowest BCUT2D eigenvalue weighted by Gasteiger charge is -2.07. The topological polar surface area (TPSA) is 61.8 Å². The predicted octanol–water partition coefficient (Wildman–Crippen LogP) is 4.93. The molecule has 1 aromatic carbocycles. The first-order valence-electron chi connectivity index (χ1n) is 9.64. The molecule has 0 amide bonds. The zero-order valence-electron chi connectivity index (χ0n) is 16.1. The quantitative estimate of drug-likeness (QED) is 0.346. The smallest absolute Gasteiger partial charge is 0.337 e. The van der Waals surface area contributed by atoms with Crippen LogP contribution in [0, 0.1) is 0 Å². The van der Waals surface area contributed by atoms with Crippen LogP contribution in [-0.2, 0) is 14.3 Å². The molecule has 1 aromatic rings. The number of carbonyl (C=O) groups is 2. The molecule has 0 unspecified atom stereocenters. The Morgan fingerprint density at radius 1 is 0.846 bits per heavy atom. The molecule has 5 heteroatoms. The van der Waals surface area contributed by atoms with Crippen LogP contribution in [-0.4, -0.2) is 32.3 Å². The van der Waals surface area contributed by atoms with Crippen LogP contribution in [0.5, 0.6) is 5.75 Å². The molecule has 0 atom stereocenters. The Kier molecular flexibility index (Phi) is 12.0. The highest BCUT2D eigenvalue weighted by molar-refractivity contribution is 5.89. The number of methoxy groups -OCH3 is 1. The summed E-state index contributed by atoms with van der Waals surface area (Å²) in [7, 11) is 1.35. The Bertz CT molecular complexity index is 510. The van der Waals surface area contributed by atoms with Crippen LogP contribution in [0.25, 0.3) is 0 Å². The molecule has 0 aromatic heterocycles. The fraction of sp³-hybridized carbons (Fsp3) is 0.619. The summed E-state index contributed by atoms with van der Waals surface area (Å²) in [5.74, 6) is 0.209. The van der Waals surface area contributed by atoms with E-state index in [1.54, 1.807) is 24.3 Å². The maximum absolute atomic E-state index is 11.6. The highest BCUT2D eigenvalue weighted by atomic mass is 16.5. The summed E-state index contributed by atoms with van der Waals surface area (Å²) in [6.07, 6.45) is 9.09. The van der Waals surface area contributed by atoms with Gasteiger partial charge >= 0.3 is 11.9 Å². The molecule has 0 bridgehead atoms. The zero-order chi connectivity index (χ0) is 19.0. The number of unbranched alkanes of at least 4 members (excludes halogenated alkanes) is 6. The van der Waals surface area contributed by atoms with Crippen molar-refractivity contribution >= 4 is 11.9 Å². The van der Waals surface area contributed by atoms with Gasteiger partial charge in [-0.3, -0.25) is 4.79 Å². The third-order valence-electron chi connectivity index (χ3n) is 4.08. The first-order valence-corrected chi connectivity index (χ1v) is 9.64. The van der Waals surface area contributed by atoms with Gasteiger partial charge in [-0.25, -0.2) is 4.79 Å². The first-order chi connectivity index (χ1) is 12.7. The van der Waals surface area contributed by atoms with Gasteiger partial charge in [0.2, 0.25) is 0 Å². The summed E-state index contributed by atoms with van der Waals surface area (Å²) in [5, 5.41) is 0. The molecule has 0 radical (unpaired) electrons. The number of rotatable bonds is 14. The molecule has 0 N–H and O–H groups in total. The molecule has 0 heterocycles. The van der Waals surface area contributed by atoms with Crippen LogP contribution in [0.4, 0.5) is 0 Å². The predicted molar refractivity (Wildman–Crippen MR) is 101 cm³/mol. The summed E-state index contributed by atoms with van der Waals surface area (Å²) in [6.45, 7) is 3.27. The van der Waals surface area contributed by atoms with Gasteiger partial charge in [0.05, 0.1) is 25.9 Å². The number of benzene rings is 1. The van der Waals surface area contributed by atoms with Crippen molar-refractivity contribution < 1.29 is 23.8 Å². The van der Waals surface area contributed by atoms with E-state index in [9.17, 15) is 9.59 Å². The molecule has 0 saturated heterocycles. The van der Waals surface area contributed by atoms with Gasteiger partial charge in [-0.1, -0.05) is 39.0 Å². The molecule has 0 fully saturated rings. The van der Waals surface area contributed by atoms with E-state index >= 15 is 0 Å². The molecule has 26 heavy (non-hydrogen) atoms. The third-order valence-corrected chi connectivity index (χ3v) is 4.08. The third kappa shape index (κ3) is 10.1. The first kappa shape index (κ1) is 22.0. The second-order valence-electron chi connectivity index (χ2n) is 6.31. The van der Waals surface area contributed by atoms with Crippen LogP contribution >= 0.6 is 0 Å². The van der Waals surface area contributed by atoms with Crippen molar-refractivity contribution in [1.29, 1.82) is 0 Å². The average molecular weight is 364 g/mol. The summed E-state index contributed by atoms with van der Waals surface area (Å²) in [4.78, 5) is 23.0. The van der Waals surface area contributed by atoms with Gasteiger partial charge in [-0.05, 0) is 43.5 Å². The van der Waals surface area contributed by atoms with E-state index in [1.807, 2.05) is 0 Å². The Morgan fingerprint density at radius 3 is 2.19 bits per heavy atom. The maximum atomic E-state index is 11.6. The van der Waals surface area contributed by atoms with Crippen molar-refractivity contribution in [1.82, 2.24) is 0 Å². The molecular formula is C21H32O5. The van der Waals surface area contributed by atoms with Crippen molar-refractivity contribution in [2.24, 2.45) is 0 Å². The van der Waals surface area contributed by atoms with Gasteiger partial charge in [-0.2, -0.15) is 0 Å². The number of hydrogen-bond donors (Lipinski definition) is 0. The molecule has 1 rings (SSSR count). The average Bonchev–Trinajstić information content (AvgIpc) is 2.67. The van der Waals surface area contributed by atoms with E-state index in [0.717, 1.165) is 25.7 Å². The summed E-state index contributed by atoms with van der Waals surface area (Å²) < 4.78 is 15.5. The van der Waals surface area contributed by atoms with Gasteiger partial charge in [0.1, 0.15) is 5.75 Å². The fourth-order valence-corrected chi connectivity index (χ4v) is 2.51. The molecule has 0 aliphatic rings. The summed E-state index contributed by atoms with van der Waals surface area (Å²) in [5.41, 5.74) is 0.493. The standard InChI is InChI=1S/C21H32O5/c1-3-4-5-6-7-9-17-26-20(22)11-8-10-16-25-19-14-12-18(13-15-19)21(23)24-2/h12-15H,3-11,16-17H2,1-2H3. The number of hydrogen-bond acceptors (Lipinski definition) is 5. The van der Waals surface area contributed by atoms with Crippen molar-refractivity contribution in [3.8, 4) is 5.75 Å². The Hall–Kier alpha value is -2.04. The zero-order valence-corrected chi connectivity index (χ0v) is 16.1. The lowest BCUT2D eigenvalue weighted by Crippen LogP contribution is -2.07. The van der Waals surface area contributed by atoms with Gasteiger partial charge < -0.3 is 14.2 Å². The fourth-order valence-electron chi connectivity index (χ4n) is 2.51. The Labute approximate surface area is 157 Å². The van der Waals surface area contributed by atoms with Gasteiger partial charge in [0.15, 0.2) is 0 Å². The van der Waals surface area contributed by atoms with Crippen LogP contribution in [0.15, 0.2) is 24.3 Å². The van der Waals surface area contributed by atoms with E-state index in [-0.39, 0.29) is 11.9 Å². The highest BCUT2D eigenvalue weighted by Crippen LogP contribution is 2.13. The van der Waals surface area contributed by atoms with Gasteiger partial charge in [0, 0.05) is 6.42 Å². The minimum absolute atomic E-state index is 0.124. The van der Waals surface area contributed by atoms with Crippen LogP contribution < -0.4 is 4.74 Å². The second-order valence-corrected chi connectivity index (χ2v) is 6.31. The number of esters is 2. The van der Waals surface area contributed by atoms with Crippen LogP contribution in [0.3, 0.4) is 0 Å². The van der Waals surface area contributed by atoms with E-state index in [1.165, 1.54) is 32.8 Å². The van der Waals surface area contributed by atoms with Gasteiger partial charge in [0.25, 0.3) is 0 Å².